The molecule has 0 aromatic heterocycles. The van der Waals surface area contributed by atoms with Gasteiger partial charge in [-0.1, -0.05) is 12.1 Å². The second-order valence-corrected chi connectivity index (χ2v) is 7.91. The average Bonchev–Trinajstić information content (AvgIpc) is 2.97. The van der Waals surface area contributed by atoms with Gasteiger partial charge in [0.25, 0.3) is 0 Å². The van der Waals surface area contributed by atoms with Crippen molar-refractivity contribution in [3.8, 4) is 0 Å². The van der Waals surface area contributed by atoms with E-state index in [0.717, 1.165) is 12.0 Å². The van der Waals surface area contributed by atoms with Gasteiger partial charge in [-0.3, -0.25) is 0 Å². The Kier molecular flexibility index (Phi) is 4.75. The Hall–Kier alpha value is -0.660. The van der Waals surface area contributed by atoms with Crippen LogP contribution >= 0.6 is 11.6 Å². The number of halogens is 1. The first-order chi connectivity index (χ1) is 10.6. The predicted octanol–water partition coefficient (Wildman–Crippen LogP) is 2.00. The Morgan fingerprint density at radius 3 is 2.23 bits per heavy atom. The van der Waals surface area contributed by atoms with Crippen LogP contribution in [0, 0.1) is 0 Å². The summed E-state index contributed by atoms with van der Waals surface area (Å²) in [6.45, 7) is 2.03. The van der Waals surface area contributed by atoms with Gasteiger partial charge in [-0.15, -0.1) is 11.6 Å². The quantitative estimate of drug-likeness (QED) is 0.783. The molecular weight excluding hydrogens is 326 g/mol. The normalized spacial score (nSPS) is 22.2. The van der Waals surface area contributed by atoms with Crippen LogP contribution in [0.3, 0.4) is 0 Å². The van der Waals surface area contributed by atoms with Crippen molar-refractivity contribution in [2.45, 2.75) is 29.9 Å². The molecule has 1 aromatic rings. The van der Waals surface area contributed by atoms with E-state index in [4.69, 9.17) is 21.1 Å². The Bertz CT molecular complexity index is 601. The van der Waals surface area contributed by atoms with E-state index in [-0.39, 0.29) is 0 Å². The summed E-state index contributed by atoms with van der Waals surface area (Å²) in [7, 11) is -3.45. The van der Waals surface area contributed by atoms with Crippen molar-refractivity contribution < 1.29 is 17.9 Å². The summed E-state index contributed by atoms with van der Waals surface area (Å²) < 4.78 is 38.1. The van der Waals surface area contributed by atoms with Crippen molar-refractivity contribution in [3.05, 3.63) is 29.8 Å². The maximum atomic E-state index is 12.7. The summed E-state index contributed by atoms with van der Waals surface area (Å²) in [6, 6.07) is 6.96. The molecule has 0 amide bonds. The van der Waals surface area contributed by atoms with E-state index in [0.29, 0.717) is 49.9 Å². The van der Waals surface area contributed by atoms with E-state index in [1.807, 2.05) is 12.1 Å². The topological polar surface area (TPSA) is 55.8 Å². The van der Waals surface area contributed by atoms with Crippen LogP contribution in [0.5, 0.6) is 0 Å². The largest absolute Gasteiger partial charge is 0.347 e. The number of sulfonamides is 1. The van der Waals surface area contributed by atoms with Crippen LogP contribution < -0.4 is 0 Å². The Morgan fingerprint density at radius 2 is 1.68 bits per heavy atom. The molecule has 5 nitrogen and oxygen atoms in total. The monoisotopic (exact) mass is 345 g/mol. The first-order valence-corrected chi connectivity index (χ1v) is 9.46. The minimum absolute atomic E-state index is 0.329. The van der Waals surface area contributed by atoms with E-state index in [1.165, 1.54) is 4.31 Å². The third-order valence-corrected chi connectivity index (χ3v) is 6.34. The van der Waals surface area contributed by atoms with Gasteiger partial charge in [0.1, 0.15) is 0 Å². The molecule has 2 saturated heterocycles. The molecule has 2 heterocycles. The summed E-state index contributed by atoms with van der Waals surface area (Å²) in [5.41, 5.74) is 1.04. The highest BCUT2D eigenvalue weighted by Gasteiger charge is 2.42. The molecule has 2 fully saturated rings. The van der Waals surface area contributed by atoms with Crippen LogP contribution in [0.4, 0.5) is 0 Å². The minimum atomic E-state index is -3.45. The number of aryl methyl sites for hydroxylation is 1. The van der Waals surface area contributed by atoms with E-state index in [9.17, 15) is 8.42 Å². The fourth-order valence-corrected chi connectivity index (χ4v) is 4.60. The second kappa shape index (κ2) is 6.45. The lowest BCUT2D eigenvalue weighted by Gasteiger charge is -2.36. The van der Waals surface area contributed by atoms with E-state index < -0.39 is 15.8 Å². The van der Waals surface area contributed by atoms with Gasteiger partial charge >= 0.3 is 0 Å². The van der Waals surface area contributed by atoms with Crippen LogP contribution in [-0.2, 0) is 25.9 Å². The third-order valence-electron chi connectivity index (χ3n) is 4.24. The molecule has 0 aliphatic carbocycles. The van der Waals surface area contributed by atoms with Crippen LogP contribution in [0.2, 0.25) is 0 Å². The number of nitrogens with zero attached hydrogens (tertiary/aromatic N) is 1. The molecule has 2 aliphatic heterocycles. The second-order valence-electron chi connectivity index (χ2n) is 5.59. The maximum Gasteiger partial charge on any atom is 0.243 e. The molecule has 0 N–H and O–H groups in total. The number of ether oxygens (including phenoxy) is 2. The van der Waals surface area contributed by atoms with Crippen molar-refractivity contribution in [1.82, 2.24) is 4.31 Å². The SMILES string of the molecule is O=S(=O)(c1ccc(CCCl)cc1)N1CCC2(CC1)OCCO2. The van der Waals surface area contributed by atoms with Crippen LogP contribution in [0.15, 0.2) is 29.2 Å². The molecule has 0 atom stereocenters. The zero-order valence-electron chi connectivity index (χ0n) is 12.3. The number of alkyl halides is 1. The van der Waals surface area contributed by atoms with Crippen molar-refractivity contribution in [1.29, 1.82) is 0 Å². The maximum absolute atomic E-state index is 12.7. The Balaban J connectivity index is 1.70. The highest BCUT2D eigenvalue weighted by molar-refractivity contribution is 7.89. The van der Waals surface area contributed by atoms with Crippen molar-refractivity contribution in [2.24, 2.45) is 0 Å². The zero-order chi connectivity index (χ0) is 15.6. The van der Waals surface area contributed by atoms with E-state index >= 15 is 0 Å². The fourth-order valence-electron chi connectivity index (χ4n) is 2.94. The van der Waals surface area contributed by atoms with Gasteiger partial charge in [0.15, 0.2) is 5.79 Å². The van der Waals surface area contributed by atoms with E-state index in [1.54, 1.807) is 12.1 Å². The molecule has 1 spiro atoms. The van der Waals surface area contributed by atoms with Gasteiger partial charge in [0.05, 0.1) is 18.1 Å². The molecule has 122 valence electrons. The Labute approximate surface area is 136 Å². The molecule has 2 aliphatic rings. The first kappa shape index (κ1) is 16.2. The molecule has 0 saturated carbocycles. The van der Waals surface area contributed by atoms with E-state index in [2.05, 4.69) is 0 Å². The van der Waals surface area contributed by atoms with Gasteiger partial charge in [-0.25, -0.2) is 8.42 Å². The summed E-state index contributed by atoms with van der Waals surface area (Å²) in [5, 5.41) is 0. The third kappa shape index (κ3) is 3.16. The van der Waals surface area contributed by atoms with Gasteiger partial charge in [-0.05, 0) is 24.1 Å². The highest BCUT2D eigenvalue weighted by Crippen LogP contribution is 2.33. The molecule has 0 unspecified atom stereocenters. The number of rotatable bonds is 4. The number of hydrogen-bond acceptors (Lipinski definition) is 4. The van der Waals surface area contributed by atoms with Crippen molar-refractivity contribution in [3.63, 3.8) is 0 Å². The van der Waals surface area contributed by atoms with Crippen LogP contribution in [-0.4, -0.2) is 50.7 Å². The van der Waals surface area contributed by atoms with Gasteiger partial charge < -0.3 is 9.47 Å². The molecule has 1 aromatic carbocycles. The zero-order valence-corrected chi connectivity index (χ0v) is 13.9. The lowest BCUT2D eigenvalue weighted by molar-refractivity contribution is -0.179. The highest BCUT2D eigenvalue weighted by atomic mass is 35.5. The predicted molar refractivity (Wildman–Crippen MR) is 83.5 cm³/mol. The van der Waals surface area contributed by atoms with Crippen LogP contribution in [0.1, 0.15) is 18.4 Å². The van der Waals surface area contributed by atoms with Crippen molar-refractivity contribution in [2.75, 3.05) is 32.2 Å². The molecule has 3 rings (SSSR count). The van der Waals surface area contributed by atoms with Crippen molar-refractivity contribution >= 4 is 21.6 Å². The summed E-state index contributed by atoms with van der Waals surface area (Å²) >= 11 is 5.70. The van der Waals surface area contributed by atoms with Gasteiger partial charge in [0.2, 0.25) is 10.0 Å². The lowest BCUT2D eigenvalue weighted by atomic mass is 10.1. The first-order valence-electron chi connectivity index (χ1n) is 7.49. The molecule has 0 bridgehead atoms. The summed E-state index contributed by atoms with van der Waals surface area (Å²) in [4.78, 5) is 0.329. The fraction of sp³-hybridized carbons (Fsp3) is 0.600. The summed E-state index contributed by atoms with van der Waals surface area (Å²) in [6.07, 6.45) is 1.90. The Morgan fingerprint density at radius 1 is 1.09 bits per heavy atom. The number of benzene rings is 1. The summed E-state index contributed by atoms with van der Waals surface area (Å²) in [5.74, 6) is -0.0312. The average molecular weight is 346 g/mol. The minimum Gasteiger partial charge on any atom is -0.347 e. The smallest absolute Gasteiger partial charge is 0.243 e. The molecule has 7 heteroatoms. The molecular formula is C15H20ClNO4S. The lowest BCUT2D eigenvalue weighted by Crippen LogP contribution is -2.47. The van der Waals surface area contributed by atoms with Gasteiger partial charge in [-0.2, -0.15) is 4.31 Å². The number of piperidine rings is 1. The van der Waals surface area contributed by atoms with Gasteiger partial charge in [0, 0.05) is 31.8 Å². The van der Waals surface area contributed by atoms with Crippen LogP contribution in [0.25, 0.3) is 0 Å². The number of hydrogen-bond donors (Lipinski definition) is 0. The molecule has 22 heavy (non-hydrogen) atoms. The molecule has 0 radical (unpaired) electrons. The standard InChI is InChI=1S/C15H20ClNO4S/c16-8-5-13-1-3-14(4-2-13)22(18,19)17-9-6-15(7-10-17)20-11-12-21-15/h1-4H,5-12H2.